The van der Waals surface area contributed by atoms with Gasteiger partial charge in [-0.05, 0) is 42.5 Å². The maximum Gasteiger partial charge on any atom is 0.256 e. The summed E-state index contributed by atoms with van der Waals surface area (Å²) in [4.78, 5) is 20.4. The van der Waals surface area contributed by atoms with Gasteiger partial charge in [-0.2, -0.15) is 0 Å². The van der Waals surface area contributed by atoms with Gasteiger partial charge in [-0.15, -0.1) is 0 Å². The zero-order valence-electron chi connectivity index (χ0n) is 14.5. The van der Waals surface area contributed by atoms with Crippen molar-refractivity contribution in [1.82, 2.24) is 9.88 Å². The van der Waals surface area contributed by atoms with Crippen molar-refractivity contribution >= 4 is 38.4 Å². The van der Waals surface area contributed by atoms with Gasteiger partial charge < -0.3 is 19.5 Å². The number of rotatable bonds is 3. The zero-order chi connectivity index (χ0) is 18.1. The van der Waals surface area contributed by atoms with E-state index in [1.807, 2.05) is 35.2 Å². The first-order valence-corrected chi connectivity index (χ1v) is 9.40. The van der Waals surface area contributed by atoms with E-state index in [0.29, 0.717) is 18.7 Å². The molecule has 134 valence electrons. The molecule has 4 rings (SSSR count). The molecule has 1 amide bonds. The van der Waals surface area contributed by atoms with E-state index in [-0.39, 0.29) is 5.91 Å². The van der Waals surface area contributed by atoms with Crippen molar-refractivity contribution in [1.29, 1.82) is 0 Å². The number of H-pyrrole nitrogens is 1. The number of anilines is 1. The first-order valence-electron chi connectivity index (χ1n) is 8.60. The molecule has 2 heterocycles. The van der Waals surface area contributed by atoms with Gasteiger partial charge >= 0.3 is 0 Å². The molecule has 0 saturated carbocycles. The topological polar surface area (TPSA) is 48.6 Å². The van der Waals surface area contributed by atoms with Crippen LogP contribution >= 0.6 is 15.9 Å². The van der Waals surface area contributed by atoms with Gasteiger partial charge in [0.05, 0.1) is 12.7 Å². The number of hydrogen-bond donors (Lipinski definition) is 1. The molecule has 0 radical (unpaired) electrons. The Balaban J connectivity index is 1.49. The molecule has 3 aromatic rings. The molecule has 26 heavy (non-hydrogen) atoms. The van der Waals surface area contributed by atoms with Gasteiger partial charge in [-0.1, -0.05) is 15.9 Å². The monoisotopic (exact) mass is 413 g/mol. The Hall–Kier alpha value is -2.47. The van der Waals surface area contributed by atoms with Crippen LogP contribution in [0.15, 0.2) is 53.1 Å². The number of carbonyl (C=O) groups excluding carboxylic acids is 1. The van der Waals surface area contributed by atoms with Crippen molar-refractivity contribution in [2.45, 2.75) is 0 Å². The lowest BCUT2D eigenvalue weighted by molar-refractivity contribution is 0.0749. The van der Waals surface area contributed by atoms with E-state index >= 15 is 0 Å². The average molecular weight is 414 g/mol. The number of hydrogen-bond acceptors (Lipinski definition) is 3. The summed E-state index contributed by atoms with van der Waals surface area (Å²) in [6.07, 6.45) is 1.80. The van der Waals surface area contributed by atoms with Crippen LogP contribution in [-0.2, 0) is 0 Å². The molecule has 0 bridgehead atoms. The fourth-order valence-electron chi connectivity index (χ4n) is 3.39. The molecule has 1 aromatic heterocycles. The molecule has 1 fully saturated rings. The first-order chi connectivity index (χ1) is 12.7. The van der Waals surface area contributed by atoms with Gasteiger partial charge in [0, 0.05) is 53.4 Å². The van der Waals surface area contributed by atoms with Crippen molar-refractivity contribution in [2.24, 2.45) is 0 Å². The Morgan fingerprint density at radius 3 is 2.50 bits per heavy atom. The minimum absolute atomic E-state index is 0.0694. The SMILES string of the molecule is COc1ccc2[nH]cc(C(=O)N3CCN(c4ccc(Br)cc4)CC3)c2c1. The standard InChI is InChI=1S/C20H20BrN3O2/c1-26-16-6-7-19-17(12-16)18(13-22-19)20(25)24-10-8-23(9-11-24)15-4-2-14(21)3-5-15/h2-7,12-13,22H,8-11H2,1H3. The van der Waals surface area contributed by atoms with Crippen molar-refractivity contribution in [3.05, 3.63) is 58.7 Å². The third kappa shape index (κ3) is 3.17. The van der Waals surface area contributed by atoms with E-state index in [1.54, 1.807) is 13.3 Å². The van der Waals surface area contributed by atoms with E-state index in [4.69, 9.17) is 4.74 Å². The fraction of sp³-hybridized carbons (Fsp3) is 0.250. The molecular formula is C20H20BrN3O2. The second-order valence-electron chi connectivity index (χ2n) is 6.37. The highest BCUT2D eigenvalue weighted by molar-refractivity contribution is 9.10. The van der Waals surface area contributed by atoms with Crippen molar-refractivity contribution < 1.29 is 9.53 Å². The average Bonchev–Trinajstić information content (AvgIpc) is 3.11. The lowest BCUT2D eigenvalue weighted by Crippen LogP contribution is -2.48. The van der Waals surface area contributed by atoms with Crippen LogP contribution in [0, 0.1) is 0 Å². The lowest BCUT2D eigenvalue weighted by atomic mass is 10.1. The van der Waals surface area contributed by atoms with E-state index in [1.165, 1.54) is 5.69 Å². The molecule has 1 N–H and O–H groups in total. The summed E-state index contributed by atoms with van der Waals surface area (Å²) >= 11 is 3.47. The van der Waals surface area contributed by atoms with Gasteiger partial charge in [-0.3, -0.25) is 4.79 Å². The Morgan fingerprint density at radius 1 is 1.08 bits per heavy atom. The Bertz CT molecular complexity index is 928. The highest BCUT2D eigenvalue weighted by Crippen LogP contribution is 2.26. The van der Waals surface area contributed by atoms with E-state index in [0.717, 1.165) is 34.2 Å². The molecule has 0 aliphatic carbocycles. The molecule has 5 nitrogen and oxygen atoms in total. The Labute approximate surface area is 160 Å². The number of ether oxygens (including phenoxy) is 1. The van der Waals surface area contributed by atoms with Gasteiger partial charge in [0.1, 0.15) is 5.75 Å². The summed E-state index contributed by atoms with van der Waals surface area (Å²) in [5, 5.41) is 0.907. The summed E-state index contributed by atoms with van der Waals surface area (Å²) in [7, 11) is 1.64. The van der Waals surface area contributed by atoms with Crippen LogP contribution in [0.2, 0.25) is 0 Å². The predicted molar refractivity (Wildman–Crippen MR) is 107 cm³/mol. The third-order valence-corrected chi connectivity index (χ3v) is 5.41. The van der Waals surface area contributed by atoms with Crippen molar-refractivity contribution in [3.8, 4) is 5.75 Å². The number of aromatic nitrogens is 1. The maximum atomic E-state index is 13.0. The lowest BCUT2D eigenvalue weighted by Gasteiger charge is -2.36. The minimum Gasteiger partial charge on any atom is -0.497 e. The molecule has 1 aliphatic heterocycles. The molecule has 0 unspecified atom stereocenters. The quantitative estimate of drug-likeness (QED) is 0.707. The van der Waals surface area contributed by atoms with Crippen LogP contribution in [0.1, 0.15) is 10.4 Å². The highest BCUT2D eigenvalue weighted by atomic mass is 79.9. The third-order valence-electron chi connectivity index (χ3n) is 4.88. The van der Waals surface area contributed by atoms with E-state index in [9.17, 15) is 4.79 Å². The smallest absolute Gasteiger partial charge is 0.256 e. The number of nitrogens with zero attached hydrogens (tertiary/aromatic N) is 2. The van der Waals surface area contributed by atoms with Crippen LogP contribution < -0.4 is 9.64 Å². The maximum absolute atomic E-state index is 13.0. The predicted octanol–water partition coefficient (Wildman–Crippen LogP) is 3.90. The number of aromatic amines is 1. The fourth-order valence-corrected chi connectivity index (χ4v) is 3.66. The van der Waals surface area contributed by atoms with Crippen molar-refractivity contribution in [3.63, 3.8) is 0 Å². The molecule has 1 aliphatic rings. The summed E-state index contributed by atoms with van der Waals surface area (Å²) in [6.45, 7) is 3.09. The largest absolute Gasteiger partial charge is 0.497 e. The highest BCUT2D eigenvalue weighted by Gasteiger charge is 2.24. The molecule has 2 aromatic carbocycles. The Kier molecular flexibility index (Phi) is 4.59. The van der Waals surface area contributed by atoms with Gasteiger partial charge in [0.15, 0.2) is 0 Å². The number of fused-ring (bicyclic) bond motifs is 1. The minimum atomic E-state index is 0.0694. The van der Waals surface area contributed by atoms with Crippen LogP contribution in [0.5, 0.6) is 5.75 Å². The van der Waals surface area contributed by atoms with Crippen LogP contribution in [-0.4, -0.2) is 49.1 Å². The first kappa shape index (κ1) is 17.0. The summed E-state index contributed by atoms with van der Waals surface area (Å²) in [5.74, 6) is 0.825. The Morgan fingerprint density at radius 2 is 1.81 bits per heavy atom. The van der Waals surface area contributed by atoms with Crippen LogP contribution in [0.4, 0.5) is 5.69 Å². The molecule has 1 saturated heterocycles. The molecule has 6 heteroatoms. The van der Waals surface area contributed by atoms with E-state index < -0.39 is 0 Å². The summed E-state index contributed by atoms with van der Waals surface area (Å²) in [6, 6.07) is 14.1. The number of benzene rings is 2. The number of carbonyl (C=O) groups is 1. The second kappa shape index (κ2) is 7.03. The van der Waals surface area contributed by atoms with E-state index in [2.05, 4.69) is 37.9 Å². The summed E-state index contributed by atoms with van der Waals surface area (Å²) < 4.78 is 6.37. The second-order valence-corrected chi connectivity index (χ2v) is 7.29. The van der Waals surface area contributed by atoms with Gasteiger partial charge in [-0.25, -0.2) is 0 Å². The number of halogens is 1. The van der Waals surface area contributed by atoms with Crippen LogP contribution in [0.25, 0.3) is 10.9 Å². The molecular weight excluding hydrogens is 394 g/mol. The van der Waals surface area contributed by atoms with Crippen molar-refractivity contribution in [2.75, 3.05) is 38.2 Å². The summed E-state index contributed by atoms with van der Waals surface area (Å²) in [5.41, 5.74) is 2.84. The molecule has 0 spiro atoms. The number of piperazine rings is 1. The number of methoxy groups -OCH3 is 1. The van der Waals surface area contributed by atoms with Gasteiger partial charge in [0.25, 0.3) is 5.91 Å². The van der Waals surface area contributed by atoms with Crippen LogP contribution in [0.3, 0.4) is 0 Å². The zero-order valence-corrected chi connectivity index (χ0v) is 16.1. The molecule has 0 atom stereocenters. The number of nitrogens with one attached hydrogen (secondary N) is 1. The number of amides is 1. The van der Waals surface area contributed by atoms with Gasteiger partial charge in [0.2, 0.25) is 0 Å². The normalized spacial score (nSPS) is 14.7.